The Hall–Kier alpha value is -1.94. The zero-order valence-electron chi connectivity index (χ0n) is 64.1. The van der Waals surface area contributed by atoms with Crippen molar-refractivity contribution < 1.29 is 80.2 Å². The second-order valence-corrected chi connectivity index (χ2v) is 32.3. The maximum Gasteiger partial charge on any atom is 0.472 e. The average Bonchev–Trinajstić information content (AvgIpc) is 0.944. The van der Waals surface area contributed by atoms with E-state index in [0.29, 0.717) is 31.6 Å². The molecular weight excluding hydrogens is 1280 g/mol. The molecule has 98 heavy (non-hydrogen) atoms. The van der Waals surface area contributed by atoms with Crippen molar-refractivity contribution in [3.05, 3.63) is 0 Å². The van der Waals surface area contributed by atoms with E-state index in [4.69, 9.17) is 37.0 Å². The molecule has 5 atom stereocenters. The molecule has 0 radical (unpaired) electrons. The molecule has 0 heterocycles. The number of carbonyl (C=O) groups is 4. The summed E-state index contributed by atoms with van der Waals surface area (Å²) < 4.78 is 68.6. The molecule has 0 bridgehead atoms. The second-order valence-electron chi connectivity index (χ2n) is 29.4. The minimum Gasteiger partial charge on any atom is -0.462 e. The molecule has 0 aromatic heterocycles. The number of aliphatic hydroxyl groups excluding tert-OH is 1. The molecule has 0 spiro atoms. The molecule has 0 aromatic carbocycles. The molecule has 17 nitrogen and oxygen atoms in total. The lowest BCUT2D eigenvalue weighted by atomic mass is 10.0. The molecule has 0 aliphatic carbocycles. The second kappa shape index (κ2) is 70.7. The van der Waals surface area contributed by atoms with Crippen molar-refractivity contribution in [2.45, 2.75) is 432 Å². The Bertz CT molecular complexity index is 1890. The number of unbranched alkanes of at least 4 members (excludes halogenated alkanes) is 48. The molecule has 0 saturated carbocycles. The van der Waals surface area contributed by atoms with Gasteiger partial charge in [-0.25, -0.2) is 9.13 Å². The van der Waals surface area contributed by atoms with Crippen molar-refractivity contribution in [1.29, 1.82) is 0 Å². The van der Waals surface area contributed by atoms with Crippen molar-refractivity contribution in [3.8, 4) is 0 Å². The maximum atomic E-state index is 13.1. The minimum atomic E-state index is -4.96. The Morgan fingerprint density at radius 3 is 0.694 bits per heavy atom. The minimum absolute atomic E-state index is 0.104. The van der Waals surface area contributed by atoms with E-state index in [1.165, 1.54) is 225 Å². The Labute approximate surface area is 600 Å². The van der Waals surface area contributed by atoms with E-state index in [1.54, 1.807) is 0 Å². The zero-order chi connectivity index (χ0) is 72.1. The van der Waals surface area contributed by atoms with Gasteiger partial charge in [0, 0.05) is 25.7 Å². The van der Waals surface area contributed by atoms with E-state index in [9.17, 15) is 43.2 Å². The van der Waals surface area contributed by atoms with Gasteiger partial charge in [0.05, 0.1) is 26.4 Å². The molecule has 0 amide bonds. The lowest BCUT2D eigenvalue weighted by Crippen LogP contribution is -2.30. The van der Waals surface area contributed by atoms with Crippen LogP contribution >= 0.6 is 15.6 Å². The molecule has 0 aromatic rings. The first-order valence-electron chi connectivity index (χ1n) is 41.0. The number of carbonyl (C=O) groups excluding carboxylic acids is 4. The predicted octanol–water partition coefficient (Wildman–Crippen LogP) is 23.5. The number of rotatable bonds is 78. The van der Waals surface area contributed by atoms with Crippen molar-refractivity contribution in [2.75, 3.05) is 39.6 Å². The first kappa shape index (κ1) is 96.1. The highest BCUT2D eigenvalue weighted by molar-refractivity contribution is 7.47. The van der Waals surface area contributed by atoms with Gasteiger partial charge in [-0.15, -0.1) is 0 Å². The highest BCUT2D eigenvalue weighted by atomic mass is 31.2. The Morgan fingerprint density at radius 2 is 0.469 bits per heavy atom. The summed E-state index contributed by atoms with van der Waals surface area (Å²) in [5.41, 5.74) is 0. The van der Waals surface area contributed by atoms with Crippen LogP contribution in [0.1, 0.15) is 414 Å². The topological polar surface area (TPSA) is 237 Å². The van der Waals surface area contributed by atoms with Crippen molar-refractivity contribution in [3.63, 3.8) is 0 Å². The van der Waals surface area contributed by atoms with Crippen LogP contribution in [0, 0.1) is 11.8 Å². The normalized spacial score (nSPS) is 13.9. The fraction of sp³-hybridized carbons (Fsp3) is 0.949. The van der Waals surface area contributed by atoms with E-state index >= 15 is 0 Å². The summed E-state index contributed by atoms with van der Waals surface area (Å²) in [4.78, 5) is 72.8. The third-order valence-electron chi connectivity index (χ3n) is 18.5. The standard InChI is InChI=1S/C79H154O17P2/c1-7-9-11-13-15-17-19-21-23-24-25-26-27-28-29-31-33-35-39-43-51-57-63-78(83)95-74(67-89-76(81)61-55-49-42-38-34-32-30-22-20-18-16-14-12-10-8-2)69-93-97(85,86)91-65-73(80)66-92-98(87,88)94-70-75(68-90-77(82)62-56-50-46-45-48-54-60-72(5)6)96-79(84)64-58-52-44-40-36-37-41-47-53-59-71(3)4/h71-75,80H,7-70H2,1-6H3,(H,85,86)(H,87,88)/t73-,74-,75-/m1/s1. The molecule has 19 heteroatoms. The summed E-state index contributed by atoms with van der Waals surface area (Å²) in [6, 6.07) is 0. The van der Waals surface area contributed by atoms with Gasteiger partial charge in [0.1, 0.15) is 19.3 Å². The van der Waals surface area contributed by atoms with Gasteiger partial charge in [0.15, 0.2) is 12.2 Å². The van der Waals surface area contributed by atoms with Crippen LogP contribution in [0.2, 0.25) is 0 Å². The van der Waals surface area contributed by atoms with E-state index in [1.807, 2.05) is 0 Å². The monoisotopic (exact) mass is 1440 g/mol. The largest absolute Gasteiger partial charge is 0.472 e. The van der Waals surface area contributed by atoms with Crippen molar-refractivity contribution >= 4 is 39.5 Å². The zero-order valence-corrected chi connectivity index (χ0v) is 65.9. The third-order valence-corrected chi connectivity index (χ3v) is 20.4. The van der Waals surface area contributed by atoms with E-state index in [2.05, 4.69) is 41.5 Å². The number of aliphatic hydroxyl groups is 1. The first-order chi connectivity index (χ1) is 47.4. The SMILES string of the molecule is CCCCCCCCCCCCCCCCCCCCCCCCC(=O)O[C@H](COC(=O)CCCCCCCCCCCCCCCCC)COP(=O)(O)OC[C@@H](O)COP(=O)(O)OC[C@@H](COC(=O)CCCCCCCCC(C)C)OC(=O)CCCCCCCCCCCC(C)C. The highest BCUT2D eigenvalue weighted by Crippen LogP contribution is 2.45. The molecule has 2 unspecified atom stereocenters. The molecule has 3 N–H and O–H groups in total. The van der Waals surface area contributed by atoms with E-state index in [0.717, 1.165) is 102 Å². The summed E-state index contributed by atoms with van der Waals surface area (Å²) in [7, 11) is -9.91. The van der Waals surface area contributed by atoms with Crippen LogP contribution < -0.4 is 0 Å². The van der Waals surface area contributed by atoms with Gasteiger partial charge in [0.2, 0.25) is 0 Å². The summed E-state index contributed by atoms with van der Waals surface area (Å²) in [5.74, 6) is -0.700. The fourth-order valence-corrected chi connectivity index (χ4v) is 13.8. The van der Waals surface area contributed by atoms with Gasteiger partial charge in [-0.1, -0.05) is 363 Å². The van der Waals surface area contributed by atoms with Crippen molar-refractivity contribution in [1.82, 2.24) is 0 Å². The Kier molecular flexibility index (Phi) is 69.3. The summed E-state index contributed by atoms with van der Waals surface area (Å²) in [6.45, 7) is 9.50. The van der Waals surface area contributed by atoms with Gasteiger partial charge < -0.3 is 33.8 Å². The van der Waals surface area contributed by atoms with Gasteiger partial charge in [0.25, 0.3) is 0 Å². The van der Waals surface area contributed by atoms with Gasteiger partial charge in [-0.3, -0.25) is 37.3 Å². The fourth-order valence-electron chi connectivity index (χ4n) is 12.2. The lowest BCUT2D eigenvalue weighted by Gasteiger charge is -2.21. The van der Waals surface area contributed by atoms with Gasteiger partial charge >= 0.3 is 39.5 Å². The van der Waals surface area contributed by atoms with Crippen LogP contribution in [-0.4, -0.2) is 96.7 Å². The predicted molar refractivity (Wildman–Crippen MR) is 400 cm³/mol. The number of hydrogen-bond acceptors (Lipinski definition) is 15. The number of hydrogen-bond donors (Lipinski definition) is 3. The molecule has 582 valence electrons. The molecule has 0 saturated heterocycles. The van der Waals surface area contributed by atoms with Crippen LogP contribution in [0.25, 0.3) is 0 Å². The number of phosphoric acid groups is 2. The summed E-state index contributed by atoms with van der Waals surface area (Å²) in [5, 5.41) is 10.6. The highest BCUT2D eigenvalue weighted by Gasteiger charge is 2.30. The molecule has 0 aliphatic rings. The molecule has 0 aliphatic heterocycles. The van der Waals surface area contributed by atoms with Crippen LogP contribution in [0.3, 0.4) is 0 Å². The summed E-state index contributed by atoms with van der Waals surface area (Å²) in [6.07, 6.45) is 60.0. The van der Waals surface area contributed by atoms with Gasteiger partial charge in [-0.05, 0) is 37.5 Å². The van der Waals surface area contributed by atoms with E-state index in [-0.39, 0.29) is 25.7 Å². The van der Waals surface area contributed by atoms with Crippen LogP contribution in [-0.2, 0) is 65.4 Å². The summed E-state index contributed by atoms with van der Waals surface area (Å²) >= 11 is 0. The molecular formula is C79H154O17P2. The first-order valence-corrected chi connectivity index (χ1v) is 44.0. The quantitative estimate of drug-likeness (QED) is 0.0222. The maximum absolute atomic E-state index is 13.1. The lowest BCUT2D eigenvalue weighted by molar-refractivity contribution is -0.161. The van der Waals surface area contributed by atoms with Crippen LogP contribution in [0.15, 0.2) is 0 Å². The van der Waals surface area contributed by atoms with Crippen LogP contribution in [0.4, 0.5) is 0 Å². The van der Waals surface area contributed by atoms with E-state index < -0.39 is 97.5 Å². The average molecular weight is 1440 g/mol. The number of ether oxygens (including phenoxy) is 4. The Balaban J connectivity index is 5.19. The molecule has 0 fully saturated rings. The third kappa shape index (κ3) is 72.4. The smallest absolute Gasteiger partial charge is 0.462 e. The number of esters is 4. The van der Waals surface area contributed by atoms with Crippen LogP contribution in [0.5, 0.6) is 0 Å². The van der Waals surface area contributed by atoms with Crippen molar-refractivity contribution in [2.24, 2.45) is 11.8 Å². The molecule has 0 rings (SSSR count). The van der Waals surface area contributed by atoms with Gasteiger partial charge in [-0.2, -0.15) is 0 Å². The number of phosphoric ester groups is 2. The Morgan fingerprint density at radius 1 is 0.276 bits per heavy atom.